The number of carbonyl (C=O) groups is 1. The molecule has 0 radical (unpaired) electrons. The first-order chi connectivity index (χ1) is 13.2. The van der Waals surface area contributed by atoms with Gasteiger partial charge in [-0.05, 0) is 66.1 Å². The highest BCUT2D eigenvalue weighted by molar-refractivity contribution is 6.08. The van der Waals surface area contributed by atoms with E-state index in [1.807, 2.05) is 35.2 Å². The topological polar surface area (TPSA) is 67.2 Å². The molecule has 1 aromatic heterocycles. The molecule has 1 aliphatic carbocycles. The van der Waals surface area contributed by atoms with Crippen molar-refractivity contribution in [2.75, 3.05) is 22.9 Å². The number of nitrogens with zero attached hydrogens (tertiary/aromatic N) is 6. The van der Waals surface area contributed by atoms with E-state index in [1.165, 1.54) is 30.4 Å². The van der Waals surface area contributed by atoms with Crippen LogP contribution >= 0.6 is 0 Å². The first-order valence-corrected chi connectivity index (χ1v) is 9.24. The van der Waals surface area contributed by atoms with Crippen LogP contribution in [0, 0.1) is 6.92 Å². The zero-order valence-electron chi connectivity index (χ0n) is 15.1. The second-order valence-electron chi connectivity index (χ2n) is 7.13. The molecular formula is C20H20N6O. The van der Waals surface area contributed by atoms with E-state index < -0.39 is 0 Å². The van der Waals surface area contributed by atoms with Gasteiger partial charge in [-0.1, -0.05) is 12.1 Å². The summed E-state index contributed by atoms with van der Waals surface area (Å²) in [5.74, 6) is 0.0283. The Kier molecular flexibility index (Phi) is 3.67. The standard InChI is InChI=1S/C20H20N6O/c1-14-3-2-4-18-19(14)24(16-9-10-16)11-12-25(18)20(27)15-5-7-17(8-6-15)26-13-21-22-23-26/h2-8,13,16H,9-12H2,1H3. The zero-order valence-corrected chi connectivity index (χ0v) is 15.1. The predicted octanol–water partition coefficient (Wildman–Crippen LogP) is 2.60. The summed E-state index contributed by atoms with van der Waals surface area (Å²) in [6.07, 6.45) is 4.04. The Hall–Kier alpha value is -3.22. The van der Waals surface area contributed by atoms with Crippen molar-refractivity contribution in [1.29, 1.82) is 0 Å². The van der Waals surface area contributed by atoms with Crippen molar-refractivity contribution in [2.24, 2.45) is 0 Å². The van der Waals surface area contributed by atoms with Crippen LogP contribution in [0.3, 0.4) is 0 Å². The Labute approximate surface area is 157 Å². The highest BCUT2D eigenvalue weighted by atomic mass is 16.2. The molecule has 0 saturated heterocycles. The van der Waals surface area contributed by atoms with Crippen molar-refractivity contribution in [3.8, 4) is 5.69 Å². The van der Waals surface area contributed by atoms with E-state index in [4.69, 9.17) is 0 Å². The van der Waals surface area contributed by atoms with Gasteiger partial charge in [0.1, 0.15) is 6.33 Å². The third-order valence-corrected chi connectivity index (χ3v) is 5.32. The number of hydrogen-bond acceptors (Lipinski definition) is 5. The van der Waals surface area contributed by atoms with Gasteiger partial charge < -0.3 is 9.80 Å². The summed E-state index contributed by atoms with van der Waals surface area (Å²) in [5, 5.41) is 11.2. The quantitative estimate of drug-likeness (QED) is 0.718. The summed E-state index contributed by atoms with van der Waals surface area (Å²) in [6, 6.07) is 14.3. The van der Waals surface area contributed by atoms with Gasteiger partial charge in [0.15, 0.2) is 0 Å². The number of tetrazole rings is 1. The molecule has 136 valence electrons. The highest BCUT2D eigenvalue weighted by Crippen LogP contribution is 2.42. The maximum absolute atomic E-state index is 13.2. The summed E-state index contributed by atoms with van der Waals surface area (Å²) < 4.78 is 1.57. The number of rotatable bonds is 3. The average molecular weight is 360 g/mol. The molecule has 3 aromatic rings. The monoisotopic (exact) mass is 360 g/mol. The third-order valence-electron chi connectivity index (χ3n) is 5.32. The molecule has 2 heterocycles. The molecule has 0 bridgehead atoms. The Morgan fingerprint density at radius 1 is 1.07 bits per heavy atom. The minimum Gasteiger partial charge on any atom is -0.365 e. The minimum atomic E-state index is 0.0283. The van der Waals surface area contributed by atoms with E-state index in [2.05, 4.69) is 39.5 Å². The lowest BCUT2D eigenvalue weighted by atomic mass is 10.1. The number of benzene rings is 2. The largest absolute Gasteiger partial charge is 0.365 e. The number of carbonyl (C=O) groups excluding carboxylic acids is 1. The van der Waals surface area contributed by atoms with Crippen molar-refractivity contribution >= 4 is 17.3 Å². The number of fused-ring (bicyclic) bond motifs is 1. The zero-order chi connectivity index (χ0) is 18.4. The average Bonchev–Trinajstić information content (AvgIpc) is 3.40. The van der Waals surface area contributed by atoms with Crippen molar-refractivity contribution in [3.05, 3.63) is 59.9 Å². The SMILES string of the molecule is Cc1cccc2c1N(C1CC1)CCN2C(=O)c1ccc(-n2cnnn2)cc1. The molecule has 5 rings (SSSR count). The molecule has 1 aliphatic heterocycles. The smallest absolute Gasteiger partial charge is 0.258 e. The third kappa shape index (κ3) is 2.75. The van der Waals surface area contributed by atoms with E-state index in [-0.39, 0.29) is 5.91 Å². The molecule has 0 atom stereocenters. The van der Waals surface area contributed by atoms with Crippen LogP contribution in [-0.2, 0) is 0 Å². The molecule has 7 nitrogen and oxygen atoms in total. The van der Waals surface area contributed by atoms with Crippen molar-refractivity contribution < 1.29 is 4.79 Å². The molecule has 2 aromatic carbocycles. The molecule has 2 aliphatic rings. The molecule has 27 heavy (non-hydrogen) atoms. The van der Waals surface area contributed by atoms with Gasteiger partial charge in [-0.15, -0.1) is 5.10 Å². The first kappa shape index (κ1) is 16.0. The molecular weight excluding hydrogens is 340 g/mol. The summed E-state index contributed by atoms with van der Waals surface area (Å²) in [4.78, 5) is 17.6. The molecule has 1 saturated carbocycles. The van der Waals surface area contributed by atoms with Gasteiger partial charge in [0.2, 0.25) is 0 Å². The number of amides is 1. The van der Waals surface area contributed by atoms with E-state index >= 15 is 0 Å². The lowest BCUT2D eigenvalue weighted by Crippen LogP contribution is -2.45. The van der Waals surface area contributed by atoms with Crippen LogP contribution in [0.2, 0.25) is 0 Å². The molecule has 0 N–H and O–H groups in total. The van der Waals surface area contributed by atoms with Crippen LogP contribution < -0.4 is 9.80 Å². The Morgan fingerprint density at radius 3 is 2.59 bits per heavy atom. The van der Waals surface area contributed by atoms with E-state index in [1.54, 1.807) is 4.68 Å². The molecule has 1 amide bonds. The minimum absolute atomic E-state index is 0.0283. The van der Waals surface area contributed by atoms with Crippen LogP contribution in [0.5, 0.6) is 0 Å². The molecule has 7 heteroatoms. The summed E-state index contributed by atoms with van der Waals surface area (Å²) >= 11 is 0. The second-order valence-corrected chi connectivity index (χ2v) is 7.13. The fraction of sp³-hybridized carbons (Fsp3) is 0.300. The number of aryl methyl sites for hydroxylation is 1. The van der Waals surface area contributed by atoms with E-state index in [9.17, 15) is 4.79 Å². The van der Waals surface area contributed by atoms with Gasteiger partial charge in [0.25, 0.3) is 5.91 Å². The Bertz CT molecular complexity index is 978. The molecule has 1 fully saturated rings. The Morgan fingerprint density at radius 2 is 1.89 bits per heavy atom. The first-order valence-electron chi connectivity index (χ1n) is 9.24. The van der Waals surface area contributed by atoms with Crippen LogP contribution in [-0.4, -0.2) is 45.2 Å². The van der Waals surface area contributed by atoms with Gasteiger partial charge >= 0.3 is 0 Å². The van der Waals surface area contributed by atoms with Crippen LogP contribution in [0.1, 0.15) is 28.8 Å². The lowest BCUT2D eigenvalue weighted by Gasteiger charge is -2.39. The Balaban J connectivity index is 1.47. The van der Waals surface area contributed by atoms with Gasteiger partial charge in [-0.3, -0.25) is 4.79 Å². The van der Waals surface area contributed by atoms with Gasteiger partial charge in [0, 0.05) is 24.7 Å². The van der Waals surface area contributed by atoms with E-state index in [0.29, 0.717) is 18.2 Å². The van der Waals surface area contributed by atoms with Crippen LogP contribution in [0.15, 0.2) is 48.8 Å². The number of aromatic nitrogens is 4. The maximum Gasteiger partial charge on any atom is 0.258 e. The fourth-order valence-corrected chi connectivity index (χ4v) is 3.83. The van der Waals surface area contributed by atoms with Crippen LogP contribution in [0.25, 0.3) is 5.69 Å². The number of hydrogen-bond donors (Lipinski definition) is 0. The van der Waals surface area contributed by atoms with Crippen molar-refractivity contribution in [2.45, 2.75) is 25.8 Å². The molecule has 0 spiro atoms. The summed E-state index contributed by atoms with van der Waals surface area (Å²) in [5.41, 5.74) is 4.95. The number of para-hydroxylation sites is 1. The summed E-state index contributed by atoms with van der Waals surface area (Å²) in [7, 11) is 0. The van der Waals surface area contributed by atoms with Gasteiger partial charge in [-0.25, -0.2) is 4.68 Å². The fourth-order valence-electron chi connectivity index (χ4n) is 3.83. The second kappa shape index (κ2) is 6.19. The van der Waals surface area contributed by atoms with Gasteiger partial charge in [0.05, 0.1) is 17.1 Å². The predicted molar refractivity (Wildman–Crippen MR) is 102 cm³/mol. The van der Waals surface area contributed by atoms with Gasteiger partial charge in [-0.2, -0.15) is 0 Å². The lowest BCUT2D eigenvalue weighted by molar-refractivity contribution is 0.0986. The maximum atomic E-state index is 13.2. The number of anilines is 2. The van der Waals surface area contributed by atoms with Crippen LogP contribution in [0.4, 0.5) is 11.4 Å². The van der Waals surface area contributed by atoms with E-state index in [0.717, 1.165) is 17.9 Å². The van der Waals surface area contributed by atoms with Crippen molar-refractivity contribution in [1.82, 2.24) is 20.2 Å². The van der Waals surface area contributed by atoms with Crippen molar-refractivity contribution in [3.63, 3.8) is 0 Å². The summed E-state index contributed by atoms with van der Waals surface area (Å²) in [6.45, 7) is 3.72. The normalized spacial score (nSPS) is 16.3. The highest BCUT2D eigenvalue weighted by Gasteiger charge is 2.36. The molecule has 0 unspecified atom stereocenters.